The minimum Gasteiger partial charge on any atom is -0.368 e. The molecule has 3 rings (SSSR count). The lowest BCUT2D eigenvalue weighted by molar-refractivity contribution is 0.0701. The number of thiophene rings is 1. The van der Waals surface area contributed by atoms with Gasteiger partial charge in [0.2, 0.25) is 0 Å². The molecule has 1 aromatic heterocycles. The molecule has 98 valence electrons. The molecule has 0 amide bonds. The normalized spacial score (nSPS) is 18.1. The Morgan fingerprint density at radius 2 is 2.21 bits per heavy atom. The van der Waals surface area contributed by atoms with E-state index in [4.69, 9.17) is 16.3 Å². The summed E-state index contributed by atoms with van der Waals surface area (Å²) in [5.41, 5.74) is 4.63. The maximum Gasteiger partial charge on any atom is 0.160 e. The topological polar surface area (TPSA) is 26.3 Å². The van der Waals surface area contributed by atoms with Crippen molar-refractivity contribution in [1.29, 1.82) is 0 Å². The van der Waals surface area contributed by atoms with Crippen LogP contribution in [-0.2, 0) is 11.2 Å². The number of halogens is 1. The van der Waals surface area contributed by atoms with Crippen LogP contribution in [0.3, 0.4) is 0 Å². The molecule has 1 atom stereocenters. The third-order valence-corrected chi connectivity index (χ3v) is 4.68. The van der Waals surface area contributed by atoms with Crippen LogP contribution in [0.4, 0.5) is 0 Å². The smallest absolute Gasteiger partial charge is 0.160 e. The maximum atomic E-state index is 10.9. The Bertz CT molecular complexity index is 633. The third-order valence-electron chi connectivity index (χ3n) is 3.37. The van der Waals surface area contributed by atoms with Crippen LogP contribution in [0.25, 0.3) is 0 Å². The predicted molar refractivity (Wildman–Crippen MR) is 77.4 cm³/mol. The molecule has 0 saturated heterocycles. The van der Waals surface area contributed by atoms with E-state index in [1.54, 1.807) is 0 Å². The van der Waals surface area contributed by atoms with E-state index in [0.29, 0.717) is 15.8 Å². The van der Waals surface area contributed by atoms with Crippen molar-refractivity contribution in [2.24, 2.45) is 0 Å². The second kappa shape index (κ2) is 5.08. The molecule has 0 saturated carbocycles. The highest BCUT2D eigenvalue weighted by atomic mass is 35.5. The number of ether oxygens (including phenoxy) is 1. The third kappa shape index (κ3) is 2.34. The zero-order valence-corrected chi connectivity index (χ0v) is 12.1. The van der Waals surface area contributed by atoms with Gasteiger partial charge in [0.15, 0.2) is 6.29 Å². The number of hydrogen-bond acceptors (Lipinski definition) is 3. The summed E-state index contributed by atoms with van der Waals surface area (Å²) in [6, 6.07) is 8.22. The molecule has 0 spiro atoms. The average Bonchev–Trinajstić information content (AvgIpc) is 2.79. The maximum absolute atomic E-state index is 10.9. The predicted octanol–water partition coefficient (Wildman–Crippen LogP) is 4.18. The summed E-state index contributed by atoms with van der Waals surface area (Å²) in [5.74, 6) is 0. The molecule has 0 bridgehead atoms. The summed E-state index contributed by atoms with van der Waals surface area (Å²) in [7, 11) is 0. The Morgan fingerprint density at radius 3 is 2.95 bits per heavy atom. The Labute approximate surface area is 121 Å². The Hall–Kier alpha value is -1.16. The van der Waals surface area contributed by atoms with Crippen molar-refractivity contribution < 1.29 is 9.53 Å². The van der Waals surface area contributed by atoms with Crippen molar-refractivity contribution in [2.75, 3.05) is 6.61 Å². The summed E-state index contributed by atoms with van der Waals surface area (Å²) < 4.78 is 6.51. The van der Waals surface area contributed by atoms with Crippen LogP contribution in [0.1, 0.15) is 38.0 Å². The molecular formula is C15H13ClO2S. The molecule has 2 heterocycles. The van der Waals surface area contributed by atoms with Gasteiger partial charge in [-0.05, 0) is 30.5 Å². The lowest BCUT2D eigenvalue weighted by atomic mass is 9.93. The first-order valence-corrected chi connectivity index (χ1v) is 7.34. The Balaban J connectivity index is 2.07. The van der Waals surface area contributed by atoms with Gasteiger partial charge >= 0.3 is 0 Å². The number of aldehydes is 1. The van der Waals surface area contributed by atoms with Gasteiger partial charge < -0.3 is 4.74 Å². The van der Waals surface area contributed by atoms with Gasteiger partial charge in [-0.25, -0.2) is 0 Å². The molecule has 0 fully saturated rings. The quantitative estimate of drug-likeness (QED) is 0.776. The summed E-state index contributed by atoms with van der Waals surface area (Å²) in [4.78, 5) is 11.5. The fraction of sp³-hybridized carbons (Fsp3) is 0.267. The molecule has 1 aromatic carbocycles. The van der Waals surface area contributed by atoms with E-state index in [2.05, 4.69) is 25.1 Å². The molecule has 0 aliphatic carbocycles. The van der Waals surface area contributed by atoms with Crippen molar-refractivity contribution >= 4 is 29.2 Å². The Morgan fingerprint density at radius 1 is 1.37 bits per heavy atom. The number of rotatable bonds is 2. The van der Waals surface area contributed by atoms with E-state index in [1.807, 2.05) is 6.07 Å². The van der Waals surface area contributed by atoms with E-state index in [1.165, 1.54) is 22.5 Å². The second-order valence-electron chi connectivity index (χ2n) is 4.70. The van der Waals surface area contributed by atoms with Gasteiger partial charge in [0.05, 0.1) is 15.8 Å². The summed E-state index contributed by atoms with van der Waals surface area (Å²) >= 11 is 7.54. The number of carbonyl (C=O) groups excluding carboxylic acids is 1. The first-order valence-electron chi connectivity index (χ1n) is 6.14. The number of benzene rings is 1. The van der Waals surface area contributed by atoms with E-state index in [0.717, 1.165) is 23.8 Å². The van der Waals surface area contributed by atoms with Crippen LogP contribution in [0.5, 0.6) is 0 Å². The molecule has 19 heavy (non-hydrogen) atoms. The van der Waals surface area contributed by atoms with Gasteiger partial charge in [-0.2, -0.15) is 0 Å². The van der Waals surface area contributed by atoms with Crippen LogP contribution in [0.2, 0.25) is 4.34 Å². The van der Waals surface area contributed by atoms with Gasteiger partial charge in [-0.1, -0.05) is 35.4 Å². The molecule has 0 N–H and O–H groups in total. The van der Waals surface area contributed by atoms with Gasteiger partial charge in [-0.15, -0.1) is 11.3 Å². The molecule has 1 aliphatic heterocycles. The summed E-state index contributed by atoms with van der Waals surface area (Å²) in [6.45, 7) is 2.77. The monoisotopic (exact) mass is 292 g/mol. The standard InChI is InChI=1S/C15H13ClO2S/c1-9-2-3-12-10(6-9)4-5-18-14(12)13-7-11(8-17)19-15(13)16/h2-3,6-8,14H,4-5H2,1H3. The van der Waals surface area contributed by atoms with E-state index < -0.39 is 0 Å². The van der Waals surface area contributed by atoms with Crippen molar-refractivity contribution in [3.63, 3.8) is 0 Å². The van der Waals surface area contributed by atoms with E-state index in [9.17, 15) is 4.79 Å². The fourth-order valence-corrected chi connectivity index (χ4v) is 3.63. The molecule has 4 heteroatoms. The highest BCUT2D eigenvalue weighted by Gasteiger charge is 2.26. The molecule has 1 unspecified atom stereocenters. The minimum atomic E-state index is -0.151. The lowest BCUT2D eigenvalue weighted by Gasteiger charge is -2.26. The molecule has 0 radical (unpaired) electrons. The van der Waals surface area contributed by atoms with Crippen LogP contribution in [0.15, 0.2) is 24.3 Å². The summed E-state index contributed by atoms with van der Waals surface area (Å²) in [6.07, 6.45) is 1.61. The van der Waals surface area contributed by atoms with E-state index >= 15 is 0 Å². The van der Waals surface area contributed by atoms with Gasteiger partial charge in [-0.3, -0.25) is 4.79 Å². The Kier molecular flexibility index (Phi) is 3.44. The van der Waals surface area contributed by atoms with Gasteiger partial charge in [0.25, 0.3) is 0 Å². The van der Waals surface area contributed by atoms with Gasteiger partial charge in [0, 0.05) is 5.56 Å². The average molecular weight is 293 g/mol. The molecular weight excluding hydrogens is 280 g/mol. The zero-order chi connectivity index (χ0) is 13.4. The number of hydrogen-bond donors (Lipinski definition) is 0. The molecule has 1 aliphatic rings. The number of carbonyl (C=O) groups is 1. The van der Waals surface area contributed by atoms with Crippen LogP contribution in [0, 0.1) is 6.92 Å². The van der Waals surface area contributed by atoms with E-state index in [-0.39, 0.29) is 6.10 Å². The first kappa shape index (κ1) is 12.9. The lowest BCUT2D eigenvalue weighted by Crippen LogP contribution is -2.17. The van der Waals surface area contributed by atoms with Gasteiger partial charge in [0.1, 0.15) is 6.10 Å². The fourth-order valence-electron chi connectivity index (χ4n) is 2.48. The number of aryl methyl sites for hydroxylation is 1. The first-order chi connectivity index (χ1) is 9.19. The van der Waals surface area contributed by atoms with Crippen LogP contribution >= 0.6 is 22.9 Å². The minimum absolute atomic E-state index is 0.151. The van der Waals surface area contributed by atoms with Crippen molar-refractivity contribution in [3.05, 3.63) is 55.7 Å². The van der Waals surface area contributed by atoms with Crippen LogP contribution < -0.4 is 0 Å². The number of fused-ring (bicyclic) bond motifs is 1. The molecule has 2 aromatic rings. The van der Waals surface area contributed by atoms with Crippen LogP contribution in [-0.4, -0.2) is 12.9 Å². The summed E-state index contributed by atoms with van der Waals surface area (Å²) in [5, 5.41) is 0. The van der Waals surface area contributed by atoms with Crippen molar-refractivity contribution in [3.8, 4) is 0 Å². The highest BCUT2D eigenvalue weighted by molar-refractivity contribution is 7.17. The second-order valence-corrected chi connectivity index (χ2v) is 6.38. The van der Waals surface area contributed by atoms with Crippen molar-refractivity contribution in [2.45, 2.75) is 19.4 Å². The largest absolute Gasteiger partial charge is 0.368 e. The molecule has 2 nitrogen and oxygen atoms in total. The van der Waals surface area contributed by atoms with Crippen molar-refractivity contribution in [1.82, 2.24) is 0 Å². The highest BCUT2D eigenvalue weighted by Crippen LogP contribution is 2.40. The SMILES string of the molecule is Cc1ccc2c(c1)CCOC2c1cc(C=O)sc1Cl. The zero-order valence-electron chi connectivity index (χ0n) is 10.5.